The molecular weight excluding hydrogens is 132 g/mol. The Morgan fingerprint density at radius 3 is 1.60 bits per heavy atom. The SMILES string of the molecule is C#N.N#CBr. The van der Waals surface area contributed by atoms with Crippen molar-refractivity contribution < 1.29 is 0 Å². The largest absolute Gasteiger partial charge is 0.202 e. The van der Waals surface area contributed by atoms with Crippen LogP contribution in [0.4, 0.5) is 0 Å². The van der Waals surface area contributed by atoms with Gasteiger partial charge in [0.15, 0.2) is 0 Å². The Bertz CT molecular complexity index is 50.4. The number of hydrogen-bond donors (Lipinski definition) is 0. The zero-order chi connectivity index (χ0) is 4.71. The molecule has 0 aliphatic rings. The molecule has 26 valence electrons. The van der Waals surface area contributed by atoms with Crippen LogP contribution in [0.5, 0.6) is 0 Å². The minimum absolute atomic E-state index is 1.56. The van der Waals surface area contributed by atoms with Crippen molar-refractivity contribution >= 4 is 15.9 Å². The molecule has 3 heteroatoms. The van der Waals surface area contributed by atoms with Crippen molar-refractivity contribution in [3.63, 3.8) is 0 Å². The third-order valence-corrected chi connectivity index (χ3v) is 0. The molecule has 0 atom stereocenters. The molecule has 0 N–H and O–H groups in total. The highest BCUT2D eigenvalue weighted by atomic mass is 79.9. The standard InChI is InChI=1S/CBrN.CHN/c2-1-3;1-2/h;1H. The quantitative estimate of drug-likeness (QED) is 0.494. The van der Waals surface area contributed by atoms with Gasteiger partial charge in [-0.1, -0.05) is 0 Å². The summed E-state index contributed by atoms with van der Waals surface area (Å²) in [7, 11) is 0. The van der Waals surface area contributed by atoms with Crippen molar-refractivity contribution in [1.82, 2.24) is 0 Å². The van der Waals surface area contributed by atoms with Crippen LogP contribution in [0.2, 0.25) is 0 Å². The summed E-state index contributed by atoms with van der Waals surface area (Å²) in [4.78, 5) is 1.56. The van der Waals surface area contributed by atoms with Crippen LogP contribution in [0.25, 0.3) is 0 Å². The second-order valence-electron chi connectivity index (χ2n) is 0.0845. The van der Waals surface area contributed by atoms with E-state index in [9.17, 15) is 0 Å². The fourth-order valence-corrected chi connectivity index (χ4v) is 0. The Hall–Kier alpha value is -0.540. The van der Waals surface area contributed by atoms with Crippen LogP contribution >= 0.6 is 15.9 Å². The van der Waals surface area contributed by atoms with E-state index in [2.05, 4.69) is 22.5 Å². The van der Waals surface area contributed by atoms with Gasteiger partial charge in [-0.25, -0.2) is 5.26 Å². The lowest BCUT2D eigenvalue weighted by Crippen LogP contribution is -0.920. The van der Waals surface area contributed by atoms with E-state index in [0.29, 0.717) is 0 Å². The summed E-state index contributed by atoms with van der Waals surface area (Å²) in [5, 5.41) is 13.7. The maximum Gasteiger partial charge on any atom is 0.142 e. The van der Waals surface area contributed by atoms with Crippen LogP contribution in [0, 0.1) is 22.1 Å². The highest BCUT2D eigenvalue weighted by Crippen LogP contribution is 1.58. The van der Waals surface area contributed by atoms with Crippen molar-refractivity contribution in [3.8, 4) is 11.6 Å². The minimum atomic E-state index is 1.56. The molecule has 0 aromatic carbocycles. The summed E-state index contributed by atoms with van der Waals surface area (Å²) in [6, 6.07) is 0. The number of halogens is 1. The van der Waals surface area contributed by atoms with Crippen LogP contribution in [0.15, 0.2) is 0 Å². The topological polar surface area (TPSA) is 47.6 Å². The van der Waals surface area contributed by atoms with Gasteiger partial charge in [0, 0.05) is 22.5 Å². The predicted octanol–water partition coefficient (Wildman–Crippen LogP) is 1.00. The molecule has 5 heavy (non-hydrogen) atoms. The smallest absolute Gasteiger partial charge is 0.142 e. The second kappa shape index (κ2) is 99.0. The second-order valence-corrected chi connectivity index (χ2v) is 0.439. The van der Waals surface area contributed by atoms with Gasteiger partial charge in [-0.2, -0.15) is 5.26 Å². The Kier molecular flexibility index (Phi) is 175. The molecule has 0 spiro atoms. The maximum atomic E-state index is 7.24. The van der Waals surface area contributed by atoms with E-state index >= 15 is 0 Å². The normalized spacial score (nSPS) is 2.00. The van der Waals surface area contributed by atoms with Crippen LogP contribution < -0.4 is 0 Å². The fraction of sp³-hybridized carbons (Fsp3) is 0. The third kappa shape index (κ3) is 25.3. The number of nitrogens with zero attached hydrogens (tertiary/aromatic N) is 2. The first-order valence-electron chi connectivity index (χ1n) is 0.671. The van der Waals surface area contributed by atoms with Crippen molar-refractivity contribution in [2.45, 2.75) is 0 Å². The lowest BCUT2D eigenvalue weighted by atomic mass is 11.8. The summed E-state index contributed by atoms with van der Waals surface area (Å²) >= 11 is 2.45. The molecule has 0 aromatic heterocycles. The number of hydrogen-bond acceptors (Lipinski definition) is 2. The van der Waals surface area contributed by atoms with E-state index in [1.54, 1.807) is 4.98 Å². The van der Waals surface area contributed by atoms with E-state index < -0.39 is 0 Å². The summed E-state index contributed by atoms with van der Waals surface area (Å²) in [5.74, 6) is 0. The van der Waals surface area contributed by atoms with Gasteiger partial charge in [0.2, 0.25) is 0 Å². The lowest BCUT2D eigenvalue weighted by molar-refractivity contribution is 1.57. The van der Waals surface area contributed by atoms with Crippen molar-refractivity contribution in [3.05, 3.63) is 0 Å². The molecular formula is C2HBrN2. The van der Waals surface area contributed by atoms with Crippen LogP contribution in [0.1, 0.15) is 0 Å². The van der Waals surface area contributed by atoms with Gasteiger partial charge < -0.3 is 0 Å². The zero-order valence-corrected chi connectivity index (χ0v) is 3.94. The molecule has 0 aliphatic carbocycles. The molecule has 0 fully saturated rings. The third-order valence-electron chi connectivity index (χ3n) is 0. The average Bonchev–Trinajstić information content (AvgIpc) is 1.46. The molecule has 0 rings (SSSR count). The molecule has 2 nitrogen and oxygen atoms in total. The molecule has 0 bridgehead atoms. The van der Waals surface area contributed by atoms with E-state index in [0.717, 1.165) is 0 Å². The Morgan fingerprint density at radius 1 is 1.60 bits per heavy atom. The van der Waals surface area contributed by atoms with Gasteiger partial charge in [0.1, 0.15) is 4.98 Å². The first kappa shape index (κ1) is 8.82. The highest BCUT2D eigenvalue weighted by Gasteiger charge is 1.22. The van der Waals surface area contributed by atoms with E-state index in [1.165, 1.54) is 0 Å². The molecule has 0 heterocycles. The monoisotopic (exact) mass is 132 g/mol. The van der Waals surface area contributed by atoms with Crippen LogP contribution in [-0.4, -0.2) is 0 Å². The summed E-state index contributed by atoms with van der Waals surface area (Å²) in [6.45, 7) is 3.50. The van der Waals surface area contributed by atoms with Gasteiger partial charge in [0.25, 0.3) is 0 Å². The van der Waals surface area contributed by atoms with Crippen molar-refractivity contribution in [2.24, 2.45) is 0 Å². The van der Waals surface area contributed by atoms with E-state index in [4.69, 9.17) is 10.5 Å². The summed E-state index contributed by atoms with van der Waals surface area (Å²) in [5.41, 5.74) is 0. The average molecular weight is 133 g/mol. The molecule has 0 aromatic rings. The Balaban J connectivity index is 0. The Morgan fingerprint density at radius 2 is 1.60 bits per heavy atom. The van der Waals surface area contributed by atoms with E-state index in [-0.39, 0.29) is 0 Å². The lowest BCUT2D eigenvalue weighted by Gasteiger charge is -1.10. The van der Waals surface area contributed by atoms with Gasteiger partial charge >= 0.3 is 0 Å². The van der Waals surface area contributed by atoms with Crippen LogP contribution in [0.3, 0.4) is 0 Å². The fourth-order valence-electron chi connectivity index (χ4n) is 0. The van der Waals surface area contributed by atoms with Crippen molar-refractivity contribution in [1.29, 1.82) is 10.5 Å². The predicted molar refractivity (Wildman–Crippen MR) is 21.2 cm³/mol. The molecule has 0 aliphatic heterocycles. The first-order chi connectivity index (χ1) is 2.41. The minimum Gasteiger partial charge on any atom is -0.202 e. The summed E-state index contributed by atoms with van der Waals surface area (Å²) in [6.07, 6.45) is 0. The van der Waals surface area contributed by atoms with Gasteiger partial charge in [-0.15, -0.1) is 0 Å². The van der Waals surface area contributed by atoms with Crippen LogP contribution in [-0.2, 0) is 0 Å². The number of rotatable bonds is 0. The maximum absolute atomic E-state index is 7.24. The zero-order valence-electron chi connectivity index (χ0n) is 2.35. The molecule has 0 saturated carbocycles. The van der Waals surface area contributed by atoms with Crippen molar-refractivity contribution in [2.75, 3.05) is 0 Å². The summed E-state index contributed by atoms with van der Waals surface area (Å²) < 4.78 is 0. The highest BCUT2D eigenvalue weighted by molar-refractivity contribution is 9.12. The molecule has 0 unspecified atom stereocenters. The Labute approximate surface area is 38.8 Å². The van der Waals surface area contributed by atoms with Gasteiger partial charge in [0.05, 0.1) is 0 Å². The molecule has 0 saturated heterocycles. The van der Waals surface area contributed by atoms with Gasteiger partial charge in [-0.05, 0) is 0 Å². The molecule has 0 radical (unpaired) electrons. The van der Waals surface area contributed by atoms with Gasteiger partial charge in [-0.3, -0.25) is 0 Å². The first-order valence-corrected chi connectivity index (χ1v) is 1.46. The van der Waals surface area contributed by atoms with E-state index in [1.807, 2.05) is 0 Å². The molecule has 0 amide bonds. The number of nitriles is 2.